The third-order valence-corrected chi connectivity index (χ3v) is 9.62. The normalized spacial score (nSPS) is 18.9. The smallest absolute Gasteiger partial charge is 0.416 e. The number of hydrogen-bond donors (Lipinski definition) is 1. The molecule has 1 N–H and O–H groups in total. The molecule has 2 atom stereocenters. The minimum atomic E-state index is -5.22. The molecule has 3 amide bonds. The zero-order valence-electron chi connectivity index (χ0n) is 27.5. The summed E-state index contributed by atoms with van der Waals surface area (Å²) in [4.78, 5) is 42.1. The Morgan fingerprint density at radius 1 is 0.796 bits per heavy atom. The van der Waals surface area contributed by atoms with Crippen molar-refractivity contribution in [2.45, 2.75) is 63.0 Å². The fraction of sp³-hybridized carbons (Fsp3) is 0.353. The van der Waals surface area contributed by atoms with E-state index < -0.39 is 83.3 Å². The van der Waals surface area contributed by atoms with E-state index in [1.807, 2.05) is 0 Å². The van der Waals surface area contributed by atoms with Gasteiger partial charge in [-0.25, -0.2) is 4.79 Å². The largest absolute Gasteiger partial charge is 0.465 e. The molecule has 0 bridgehead atoms. The number of carbonyl (C=O) groups excluding carboxylic acids is 2. The van der Waals surface area contributed by atoms with Crippen LogP contribution >= 0.6 is 0 Å². The van der Waals surface area contributed by atoms with Crippen LogP contribution in [0.3, 0.4) is 0 Å². The molecule has 7 rings (SSSR count). The van der Waals surface area contributed by atoms with E-state index in [9.17, 15) is 59.0 Å². The Kier molecular flexibility index (Phi) is 8.83. The number of carboxylic acid groups (broad SMARTS) is 1. The van der Waals surface area contributed by atoms with Gasteiger partial charge in [-0.15, -0.1) is 5.10 Å². The summed E-state index contributed by atoms with van der Waals surface area (Å²) in [5.74, 6) is -1.88. The molecular weight excluding hydrogens is 741 g/mol. The molecule has 1 aromatic heterocycles. The molecule has 54 heavy (non-hydrogen) atoms. The fourth-order valence-corrected chi connectivity index (χ4v) is 6.98. The van der Waals surface area contributed by atoms with Crippen LogP contribution in [0.15, 0.2) is 60.7 Å². The van der Waals surface area contributed by atoms with Gasteiger partial charge in [-0.2, -0.15) is 44.3 Å². The molecule has 1 fully saturated rings. The fourth-order valence-electron chi connectivity index (χ4n) is 6.98. The van der Waals surface area contributed by atoms with E-state index in [2.05, 4.69) is 15.4 Å². The number of tetrazole rings is 1. The first kappa shape index (κ1) is 36.7. The lowest BCUT2D eigenvalue weighted by atomic mass is 9.86. The van der Waals surface area contributed by atoms with Crippen LogP contribution in [0.4, 0.5) is 55.9 Å². The maximum atomic E-state index is 14.1. The summed E-state index contributed by atoms with van der Waals surface area (Å²) in [6, 6.07) is 7.10. The minimum Gasteiger partial charge on any atom is -0.465 e. The van der Waals surface area contributed by atoms with Gasteiger partial charge in [0.05, 0.1) is 52.6 Å². The highest BCUT2D eigenvalue weighted by Crippen LogP contribution is 2.50. The molecule has 3 aromatic carbocycles. The predicted octanol–water partition coefficient (Wildman–Crippen LogP) is 7.44. The zero-order valence-corrected chi connectivity index (χ0v) is 27.5. The third-order valence-electron chi connectivity index (χ3n) is 9.62. The number of imide groups is 1. The Bertz CT molecular complexity index is 2080. The summed E-state index contributed by atoms with van der Waals surface area (Å²) in [5.41, 5.74) is -5.09. The van der Waals surface area contributed by atoms with E-state index >= 15 is 0 Å². The number of fused-ring (bicyclic) bond motifs is 2. The number of hydrogen-bond acceptors (Lipinski definition) is 7. The summed E-state index contributed by atoms with van der Waals surface area (Å²) in [6.07, 6.45) is -15.9. The van der Waals surface area contributed by atoms with Crippen molar-refractivity contribution in [1.29, 1.82) is 0 Å². The van der Waals surface area contributed by atoms with Crippen molar-refractivity contribution < 1.29 is 59.0 Å². The van der Waals surface area contributed by atoms with Crippen molar-refractivity contribution in [3.05, 3.63) is 99.6 Å². The Hall–Kier alpha value is -5.69. The number of amides is 3. The number of rotatable bonds is 8. The van der Waals surface area contributed by atoms with E-state index in [1.165, 1.54) is 12.1 Å². The van der Waals surface area contributed by atoms with Gasteiger partial charge in [-0.05, 0) is 90.1 Å². The lowest BCUT2D eigenvalue weighted by molar-refractivity contribution is -0.143. The molecule has 2 aliphatic heterocycles. The number of carbonyl (C=O) groups is 3. The average molecular weight is 768 g/mol. The number of aromatic nitrogens is 4. The van der Waals surface area contributed by atoms with Crippen LogP contribution in [0.5, 0.6) is 0 Å². The lowest BCUT2D eigenvalue weighted by Crippen LogP contribution is -2.48. The van der Waals surface area contributed by atoms with Crippen molar-refractivity contribution >= 4 is 29.5 Å². The van der Waals surface area contributed by atoms with Gasteiger partial charge in [-0.3, -0.25) is 19.4 Å². The molecule has 0 spiro atoms. The Morgan fingerprint density at radius 2 is 1.39 bits per heavy atom. The number of alkyl halides is 9. The van der Waals surface area contributed by atoms with Crippen molar-refractivity contribution in [2.75, 3.05) is 16.3 Å². The summed E-state index contributed by atoms with van der Waals surface area (Å²) in [6.45, 7) is -1.36. The van der Waals surface area contributed by atoms with Gasteiger partial charge in [0.25, 0.3) is 17.8 Å². The van der Waals surface area contributed by atoms with E-state index in [0.717, 1.165) is 25.6 Å². The van der Waals surface area contributed by atoms with Gasteiger partial charge >= 0.3 is 24.6 Å². The molecule has 20 heteroatoms. The quantitative estimate of drug-likeness (QED) is 0.145. The van der Waals surface area contributed by atoms with Crippen molar-refractivity contribution in [2.24, 2.45) is 5.92 Å². The lowest BCUT2D eigenvalue weighted by Gasteiger charge is -2.43. The molecule has 4 aromatic rings. The highest BCUT2D eigenvalue weighted by molar-refractivity contribution is 6.21. The average Bonchev–Trinajstić information content (AvgIpc) is 3.79. The first-order valence-electron chi connectivity index (χ1n) is 16.3. The van der Waals surface area contributed by atoms with Crippen molar-refractivity contribution in [1.82, 2.24) is 25.1 Å². The van der Waals surface area contributed by atoms with Crippen LogP contribution in [0.1, 0.15) is 73.8 Å². The predicted molar refractivity (Wildman–Crippen MR) is 168 cm³/mol. The summed E-state index contributed by atoms with van der Waals surface area (Å²) < 4.78 is 125. The van der Waals surface area contributed by atoms with Gasteiger partial charge in [0, 0.05) is 12.6 Å². The summed E-state index contributed by atoms with van der Waals surface area (Å²) >= 11 is 0. The van der Waals surface area contributed by atoms with Gasteiger partial charge in [0.1, 0.15) is 0 Å². The number of nitrogens with zero attached hydrogens (tertiary/aromatic N) is 7. The molecule has 3 aliphatic rings. The molecule has 0 saturated heterocycles. The molecule has 1 saturated carbocycles. The van der Waals surface area contributed by atoms with Gasteiger partial charge < -0.3 is 10.0 Å². The van der Waals surface area contributed by atoms with Gasteiger partial charge in [0.15, 0.2) is 0 Å². The third kappa shape index (κ3) is 6.91. The highest BCUT2D eigenvalue weighted by atomic mass is 19.4. The highest BCUT2D eigenvalue weighted by Gasteiger charge is 2.47. The van der Waals surface area contributed by atoms with Crippen LogP contribution in [-0.2, 0) is 31.6 Å². The minimum absolute atomic E-state index is 0.0685. The SMILES string of the molecule is O=C1c2ccccc2C(=O)N1CCn1nnc(N(Cc2cc(C(F)(F)F)cc(C(F)(F)F)c2)C2CC(C3CC3)N(C(=O)O)c3ccc(C(F)(F)F)cc32)n1. The molecule has 0 radical (unpaired) electrons. The van der Waals surface area contributed by atoms with Crippen molar-refractivity contribution in [3.63, 3.8) is 0 Å². The van der Waals surface area contributed by atoms with E-state index in [1.54, 1.807) is 12.1 Å². The second-order valence-corrected chi connectivity index (χ2v) is 13.1. The Balaban J connectivity index is 1.32. The standard InChI is InChI=1S/C34H26F9N7O4/c35-32(36,37)19-7-8-25-24(14-19)27(15-26(18-5-6-18)50(25)31(53)54)48(16-17-11-20(33(38,39)40)13-21(12-17)34(41,42)43)30-44-46-49(45-30)10-9-47-28(51)22-3-1-2-4-23(22)29(47)52/h1-4,7-8,11-14,18,26-27H,5-6,9-10,15-16H2,(H,53,54). The van der Waals surface area contributed by atoms with Crippen molar-refractivity contribution in [3.8, 4) is 0 Å². The Morgan fingerprint density at radius 3 is 1.93 bits per heavy atom. The zero-order chi connectivity index (χ0) is 38.9. The van der Waals surface area contributed by atoms with E-state index in [0.29, 0.717) is 37.1 Å². The van der Waals surface area contributed by atoms with Crippen LogP contribution in [0.25, 0.3) is 0 Å². The number of halogens is 9. The maximum Gasteiger partial charge on any atom is 0.416 e. The molecule has 284 valence electrons. The van der Waals surface area contributed by atoms with Gasteiger partial charge in [0.2, 0.25) is 0 Å². The summed E-state index contributed by atoms with van der Waals surface area (Å²) in [5, 5.41) is 22.3. The first-order chi connectivity index (χ1) is 25.3. The second-order valence-electron chi connectivity index (χ2n) is 13.1. The molecule has 2 unspecified atom stereocenters. The molecule has 3 heterocycles. The number of benzene rings is 3. The van der Waals surface area contributed by atoms with Crippen LogP contribution in [0, 0.1) is 5.92 Å². The first-order valence-corrected chi connectivity index (χ1v) is 16.3. The monoisotopic (exact) mass is 767 g/mol. The van der Waals surface area contributed by atoms with E-state index in [-0.39, 0.29) is 53.9 Å². The summed E-state index contributed by atoms with van der Waals surface area (Å²) in [7, 11) is 0. The topological polar surface area (TPSA) is 125 Å². The van der Waals surface area contributed by atoms with Crippen LogP contribution in [0.2, 0.25) is 0 Å². The van der Waals surface area contributed by atoms with Crippen LogP contribution < -0.4 is 9.80 Å². The molecule has 11 nitrogen and oxygen atoms in total. The van der Waals surface area contributed by atoms with Crippen LogP contribution in [-0.4, -0.2) is 60.7 Å². The van der Waals surface area contributed by atoms with E-state index in [4.69, 9.17) is 0 Å². The molecular formula is C34H26F9N7O4. The molecule has 1 aliphatic carbocycles. The maximum absolute atomic E-state index is 14.1. The van der Waals surface area contributed by atoms with Gasteiger partial charge in [-0.1, -0.05) is 17.2 Å². The Labute approximate surface area is 298 Å². The number of anilines is 2. The second kappa shape index (κ2) is 13.0.